The van der Waals surface area contributed by atoms with E-state index in [0.29, 0.717) is 11.4 Å². The van der Waals surface area contributed by atoms with Gasteiger partial charge in [-0.15, -0.1) is 24.8 Å². The van der Waals surface area contributed by atoms with Gasteiger partial charge in [0.25, 0.3) is 0 Å². The van der Waals surface area contributed by atoms with E-state index in [-0.39, 0.29) is 30.6 Å². The van der Waals surface area contributed by atoms with Gasteiger partial charge < -0.3 is 5.73 Å². The van der Waals surface area contributed by atoms with Crippen LogP contribution in [0.2, 0.25) is 0 Å². The fourth-order valence-corrected chi connectivity index (χ4v) is 1.07. The fourth-order valence-electron chi connectivity index (χ4n) is 1.07. The maximum absolute atomic E-state index is 12.7. The van der Waals surface area contributed by atoms with Gasteiger partial charge in [0.05, 0.1) is 11.4 Å². The molecule has 0 aliphatic rings. The summed E-state index contributed by atoms with van der Waals surface area (Å²) in [6.45, 7) is 0. The standard InChI is InChI=1S/C8H7FN4.2ClH/c9-6-1-2-8(7(10)3-6)13-5-11-4-12-13;;/h1-5H,10H2;2*1H. The molecule has 0 saturated carbocycles. The summed E-state index contributed by atoms with van der Waals surface area (Å²) in [4.78, 5) is 3.76. The highest BCUT2D eigenvalue weighted by Gasteiger charge is 2.02. The minimum atomic E-state index is -0.360. The van der Waals surface area contributed by atoms with Gasteiger partial charge >= 0.3 is 0 Å². The van der Waals surface area contributed by atoms with Gasteiger partial charge in [0.1, 0.15) is 18.5 Å². The summed E-state index contributed by atoms with van der Waals surface area (Å²) in [5, 5.41) is 3.88. The number of halogens is 3. The van der Waals surface area contributed by atoms with E-state index in [1.165, 1.54) is 29.5 Å². The fraction of sp³-hybridized carbons (Fsp3) is 0. The summed E-state index contributed by atoms with van der Waals surface area (Å²) in [7, 11) is 0. The third-order valence-corrected chi connectivity index (χ3v) is 1.66. The lowest BCUT2D eigenvalue weighted by atomic mass is 10.2. The molecule has 4 nitrogen and oxygen atoms in total. The Kier molecular flexibility index (Phi) is 5.04. The number of aromatic nitrogens is 3. The molecule has 0 amide bonds. The Balaban J connectivity index is 0.000000980. The van der Waals surface area contributed by atoms with Crippen molar-refractivity contribution in [1.29, 1.82) is 0 Å². The summed E-state index contributed by atoms with van der Waals surface area (Å²) >= 11 is 0. The van der Waals surface area contributed by atoms with Crippen molar-refractivity contribution in [2.24, 2.45) is 0 Å². The maximum Gasteiger partial charge on any atom is 0.138 e. The second-order valence-corrected chi connectivity index (χ2v) is 2.54. The molecule has 1 heterocycles. The molecule has 0 aliphatic heterocycles. The van der Waals surface area contributed by atoms with Crippen molar-refractivity contribution in [3.05, 3.63) is 36.7 Å². The minimum absolute atomic E-state index is 0. The van der Waals surface area contributed by atoms with E-state index < -0.39 is 0 Å². The summed E-state index contributed by atoms with van der Waals surface area (Å²) in [6.07, 6.45) is 2.90. The highest BCUT2D eigenvalue weighted by atomic mass is 35.5. The zero-order valence-electron chi connectivity index (χ0n) is 7.50. The second kappa shape index (κ2) is 5.53. The summed E-state index contributed by atoms with van der Waals surface area (Å²) in [6, 6.07) is 4.13. The third kappa shape index (κ3) is 2.81. The van der Waals surface area contributed by atoms with Crippen molar-refractivity contribution in [1.82, 2.24) is 14.8 Å². The van der Waals surface area contributed by atoms with Crippen LogP contribution in [0.1, 0.15) is 0 Å². The molecule has 1 aromatic heterocycles. The van der Waals surface area contributed by atoms with E-state index in [1.807, 2.05) is 0 Å². The predicted octanol–water partition coefficient (Wildman–Crippen LogP) is 1.83. The van der Waals surface area contributed by atoms with Crippen molar-refractivity contribution in [3.63, 3.8) is 0 Å². The topological polar surface area (TPSA) is 56.7 Å². The van der Waals surface area contributed by atoms with E-state index in [0.717, 1.165) is 0 Å². The minimum Gasteiger partial charge on any atom is -0.397 e. The molecule has 0 fully saturated rings. The van der Waals surface area contributed by atoms with Gasteiger partial charge in [-0.2, -0.15) is 5.10 Å². The smallest absolute Gasteiger partial charge is 0.138 e. The Labute approximate surface area is 98.1 Å². The van der Waals surface area contributed by atoms with Crippen molar-refractivity contribution in [2.45, 2.75) is 0 Å². The highest BCUT2D eigenvalue weighted by molar-refractivity contribution is 5.85. The lowest BCUT2D eigenvalue weighted by molar-refractivity contribution is 0.627. The molecular weight excluding hydrogens is 242 g/mol. The SMILES string of the molecule is Cl.Cl.Nc1cc(F)ccc1-n1cncn1. The Bertz CT molecular complexity index is 419. The zero-order valence-corrected chi connectivity index (χ0v) is 9.13. The zero-order chi connectivity index (χ0) is 9.26. The van der Waals surface area contributed by atoms with E-state index >= 15 is 0 Å². The van der Waals surface area contributed by atoms with Crippen LogP contribution in [0.25, 0.3) is 5.69 Å². The Morgan fingerprint density at radius 3 is 2.53 bits per heavy atom. The average Bonchev–Trinajstić information content (AvgIpc) is 2.56. The highest BCUT2D eigenvalue weighted by Crippen LogP contribution is 2.16. The largest absolute Gasteiger partial charge is 0.397 e. The van der Waals surface area contributed by atoms with Crippen LogP contribution in [0.3, 0.4) is 0 Å². The first kappa shape index (κ1) is 13.7. The molecule has 1 aromatic carbocycles. The Morgan fingerprint density at radius 2 is 2.00 bits per heavy atom. The molecule has 7 heteroatoms. The van der Waals surface area contributed by atoms with Gasteiger partial charge in [-0.05, 0) is 18.2 Å². The van der Waals surface area contributed by atoms with Crippen LogP contribution in [0.15, 0.2) is 30.9 Å². The molecular formula is C8H9Cl2FN4. The van der Waals surface area contributed by atoms with Crippen LogP contribution >= 0.6 is 24.8 Å². The van der Waals surface area contributed by atoms with E-state index in [9.17, 15) is 4.39 Å². The Morgan fingerprint density at radius 1 is 1.27 bits per heavy atom. The summed E-state index contributed by atoms with van der Waals surface area (Å²) in [5.74, 6) is -0.360. The van der Waals surface area contributed by atoms with Crippen molar-refractivity contribution in [2.75, 3.05) is 5.73 Å². The van der Waals surface area contributed by atoms with Crippen molar-refractivity contribution >= 4 is 30.5 Å². The Hall–Kier alpha value is -1.33. The second-order valence-electron chi connectivity index (χ2n) is 2.54. The number of nitrogens with two attached hydrogens (primary N) is 1. The molecule has 0 saturated heterocycles. The molecule has 82 valence electrons. The number of nitrogen functional groups attached to an aromatic ring is 1. The number of rotatable bonds is 1. The van der Waals surface area contributed by atoms with Gasteiger partial charge in [-0.3, -0.25) is 0 Å². The van der Waals surface area contributed by atoms with Gasteiger partial charge in [-0.1, -0.05) is 0 Å². The first-order valence-corrected chi connectivity index (χ1v) is 3.67. The number of benzene rings is 1. The van der Waals surface area contributed by atoms with Gasteiger partial charge in [0, 0.05) is 0 Å². The number of hydrogen-bond donors (Lipinski definition) is 1. The molecule has 2 rings (SSSR count). The quantitative estimate of drug-likeness (QED) is 0.786. The molecule has 15 heavy (non-hydrogen) atoms. The van der Waals surface area contributed by atoms with Gasteiger partial charge in [0.15, 0.2) is 0 Å². The predicted molar refractivity (Wildman–Crippen MR) is 60.2 cm³/mol. The first-order valence-electron chi connectivity index (χ1n) is 3.67. The molecule has 2 aromatic rings. The number of anilines is 1. The molecule has 0 bridgehead atoms. The van der Waals surface area contributed by atoms with Crippen LogP contribution in [-0.4, -0.2) is 14.8 Å². The van der Waals surface area contributed by atoms with Crippen molar-refractivity contribution < 1.29 is 4.39 Å². The van der Waals surface area contributed by atoms with Crippen molar-refractivity contribution in [3.8, 4) is 5.69 Å². The molecule has 0 aliphatic carbocycles. The normalized spacial score (nSPS) is 8.87. The van der Waals surface area contributed by atoms with Gasteiger partial charge in [0.2, 0.25) is 0 Å². The summed E-state index contributed by atoms with van der Waals surface area (Å²) in [5.41, 5.74) is 6.55. The third-order valence-electron chi connectivity index (χ3n) is 1.66. The molecule has 0 spiro atoms. The molecule has 2 N–H and O–H groups in total. The van der Waals surface area contributed by atoms with Gasteiger partial charge in [-0.25, -0.2) is 14.1 Å². The average molecular weight is 251 g/mol. The van der Waals surface area contributed by atoms with Crippen LogP contribution in [0, 0.1) is 5.82 Å². The van der Waals surface area contributed by atoms with Crippen LogP contribution < -0.4 is 5.73 Å². The molecule has 0 radical (unpaired) electrons. The van der Waals surface area contributed by atoms with E-state index in [4.69, 9.17) is 5.73 Å². The monoisotopic (exact) mass is 250 g/mol. The lowest BCUT2D eigenvalue weighted by Gasteiger charge is -2.03. The van der Waals surface area contributed by atoms with E-state index in [1.54, 1.807) is 6.07 Å². The molecule has 0 atom stereocenters. The lowest BCUT2D eigenvalue weighted by Crippen LogP contribution is -2.00. The van der Waals surface area contributed by atoms with E-state index in [2.05, 4.69) is 10.1 Å². The van der Waals surface area contributed by atoms with Crippen LogP contribution in [0.5, 0.6) is 0 Å². The number of nitrogens with zero attached hydrogens (tertiary/aromatic N) is 3. The maximum atomic E-state index is 12.7. The first-order chi connectivity index (χ1) is 6.27. The van der Waals surface area contributed by atoms with Crippen LogP contribution in [0.4, 0.5) is 10.1 Å². The number of hydrogen-bond acceptors (Lipinski definition) is 3. The molecule has 0 unspecified atom stereocenters. The van der Waals surface area contributed by atoms with Crippen LogP contribution in [-0.2, 0) is 0 Å². The summed E-state index contributed by atoms with van der Waals surface area (Å²) < 4.78 is 14.1.